The van der Waals surface area contributed by atoms with Gasteiger partial charge >= 0.3 is 14.0 Å². The summed E-state index contributed by atoms with van der Waals surface area (Å²) in [6.07, 6.45) is 5.13. The highest BCUT2D eigenvalue weighted by molar-refractivity contribution is 6.69. The Bertz CT molecular complexity index is 791. The van der Waals surface area contributed by atoms with Crippen LogP contribution in [0.2, 0.25) is 0 Å². The monoisotopic (exact) mass is 430 g/mol. The lowest BCUT2D eigenvalue weighted by Gasteiger charge is -2.27. The molecule has 2 aromatic carbocycles. The van der Waals surface area contributed by atoms with Crippen molar-refractivity contribution in [1.82, 2.24) is 19.2 Å². The molecule has 0 atom stereocenters. The lowest BCUT2D eigenvalue weighted by Crippen LogP contribution is -2.53. The van der Waals surface area contributed by atoms with Gasteiger partial charge in [0.1, 0.15) is 0 Å². The molecule has 0 amide bonds. The molecule has 0 radical (unpaired) electrons. The molecular weight excluding hydrogens is 390 g/mol. The molecule has 0 aliphatic carbocycles. The molecule has 32 heavy (non-hydrogen) atoms. The van der Waals surface area contributed by atoms with Crippen LogP contribution in [0.5, 0.6) is 0 Å². The quantitative estimate of drug-likeness (QED) is 0.402. The molecule has 0 N–H and O–H groups in total. The Labute approximate surface area is 196 Å². The molecule has 0 aromatic heterocycles. The highest BCUT2D eigenvalue weighted by Gasteiger charge is 2.37. The van der Waals surface area contributed by atoms with E-state index >= 15 is 0 Å². The average molecular weight is 430 g/mol. The van der Waals surface area contributed by atoms with Gasteiger partial charge in [-0.2, -0.15) is 0 Å². The van der Waals surface area contributed by atoms with Gasteiger partial charge in [-0.05, 0) is 56.4 Å². The number of hydrogen-bond donors (Lipinski definition) is 0. The molecule has 0 saturated carbocycles. The van der Waals surface area contributed by atoms with Crippen molar-refractivity contribution in [3.05, 3.63) is 60.7 Å². The van der Waals surface area contributed by atoms with Crippen LogP contribution in [0.3, 0.4) is 0 Å². The molecule has 0 spiro atoms. The van der Waals surface area contributed by atoms with Crippen molar-refractivity contribution < 1.29 is 0 Å². The van der Waals surface area contributed by atoms with E-state index in [9.17, 15) is 0 Å². The Morgan fingerprint density at radius 3 is 1.47 bits per heavy atom. The van der Waals surface area contributed by atoms with Crippen LogP contribution in [0, 0.1) is 0 Å². The SMILES string of the molecule is CCCN1CCN(CCCCCN2CCN(CC)B2c2ccccc2)B1c1ccccc1. The Hall–Kier alpha value is -1.59. The van der Waals surface area contributed by atoms with E-state index in [1.807, 2.05) is 0 Å². The molecule has 2 aliphatic rings. The minimum absolute atomic E-state index is 0.463. The number of rotatable bonds is 11. The summed E-state index contributed by atoms with van der Waals surface area (Å²) < 4.78 is 0. The number of likely N-dealkylation sites (N-methyl/N-ethyl adjacent to an activating group) is 1. The largest absolute Gasteiger partial charge is 0.346 e. The van der Waals surface area contributed by atoms with Gasteiger partial charge in [0, 0.05) is 26.2 Å². The minimum Gasteiger partial charge on any atom is -0.323 e. The number of unbranched alkanes of at least 4 members (excludes halogenated alkanes) is 2. The van der Waals surface area contributed by atoms with Crippen molar-refractivity contribution in [2.75, 3.05) is 52.4 Å². The highest BCUT2D eigenvalue weighted by Crippen LogP contribution is 2.15. The molecule has 2 aliphatic heterocycles. The number of hydrogen-bond acceptors (Lipinski definition) is 4. The first-order valence-electron chi connectivity index (χ1n) is 12.9. The van der Waals surface area contributed by atoms with Gasteiger partial charge in [0.15, 0.2) is 0 Å². The first-order chi connectivity index (χ1) is 15.8. The second kappa shape index (κ2) is 12.0. The van der Waals surface area contributed by atoms with Gasteiger partial charge < -0.3 is 19.2 Å². The summed E-state index contributed by atoms with van der Waals surface area (Å²) in [5.41, 5.74) is 2.91. The van der Waals surface area contributed by atoms with Gasteiger partial charge in [0.2, 0.25) is 0 Å². The third-order valence-corrected chi connectivity index (χ3v) is 7.24. The predicted molar refractivity (Wildman–Crippen MR) is 140 cm³/mol. The summed E-state index contributed by atoms with van der Waals surface area (Å²) in [5.74, 6) is 0. The van der Waals surface area contributed by atoms with Crippen LogP contribution >= 0.6 is 0 Å². The van der Waals surface area contributed by atoms with Gasteiger partial charge in [-0.25, -0.2) is 0 Å². The summed E-state index contributed by atoms with van der Waals surface area (Å²) in [6, 6.07) is 22.2. The minimum atomic E-state index is 0.463. The van der Waals surface area contributed by atoms with Crippen LogP contribution in [-0.2, 0) is 0 Å². The maximum Gasteiger partial charge on any atom is 0.346 e. The van der Waals surface area contributed by atoms with Crippen LogP contribution in [0.15, 0.2) is 60.7 Å². The molecule has 4 nitrogen and oxygen atoms in total. The highest BCUT2D eigenvalue weighted by atomic mass is 15.3. The van der Waals surface area contributed by atoms with Gasteiger partial charge in [-0.15, -0.1) is 0 Å². The summed E-state index contributed by atoms with van der Waals surface area (Å²) in [5, 5.41) is 0. The maximum atomic E-state index is 2.71. The molecule has 0 unspecified atom stereocenters. The van der Waals surface area contributed by atoms with E-state index in [1.165, 1.54) is 82.4 Å². The molecule has 2 fully saturated rings. The molecule has 2 saturated heterocycles. The second-order valence-electron chi connectivity index (χ2n) is 9.37. The van der Waals surface area contributed by atoms with Gasteiger partial charge in [0.25, 0.3) is 0 Å². The first kappa shape index (κ1) is 23.6. The summed E-state index contributed by atoms with van der Waals surface area (Å²) in [6.45, 7) is 15.0. The van der Waals surface area contributed by atoms with E-state index in [0.29, 0.717) is 14.0 Å². The zero-order valence-corrected chi connectivity index (χ0v) is 20.2. The second-order valence-corrected chi connectivity index (χ2v) is 9.37. The molecule has 4 rings (SSSR count). The Morgan fingerprint density at radius 2 is 1.00 bits per heavy atom. The van der Waals surface area contributed by atoms with Gasteiger partial charge in [-0.1, -0.05) is 80.9 Å². The van der Waals surface area contributed by atoms with E-state index in [1.54, 1.807) is 0 Å². The summed E-state index contributed by atoms with van der Waals surface area (Å²) in [4.78, 5) is 10.7. The first-order valence-corrected chi connectivity index (χ1v) is 12.9. The van der Waals surface area contributed by atoms with Gasteiger partial charge in [0.05, 0.1) is 0 Å². The van der Waals surface area contributed by atoms with Crippen LogP contribution in [0.4, 0.5) is 0 Å². The molecule has 2 heterocycles. The average Bonchev–Trinajstić information content (AvgIpc) is 3.44. The Balaban J connectivity index is 1.27. The van der Waals surface area contributed by atoms with Crippen LogP contribution in [0.25, 0.3) is 0 Å². The van der Waals surface area contributed by atoms with Crippen molar-refractivity contribution >= 4 is 24.9 Å². The molecule has 6 heteroatoms. The Morgan fingerprint density at radius 1 is 0.562 bits per heavy atom. The molecular formula is C26H40B2N4. The topological polar surface area (TPSA) is 13.0 Å². The number of nitrogens with zero attached hydrogens (tertiary/aromatic N) is 4. The fourth-order valence-electron chi connectivity index (χ4n) is 5.69. The smallest absolute Gasteiger partial charge is 0.323 e. The lowest BCUT2D eigenvalue weighted by molar-refractivity contribution is 0.419. The van der Waals surface area contributed by atoms with E-state index in [0.717, 1.165) is 6.54 Å². The van der Waals surface area contributed by atoms with E-state index < -0.39 is 0 Å². The fraction of sp³-hybridized carbons (Fsp3) is 0.538. The normalized spacial score (nSPS) is 18.8. The maximum absolute atomic E-state index is 2.71. The van der Waals surface area contributed by atoms with Crippen molar-refractivity contribution in [2.45, 2.75) is 39.5 Å². The van der Waals surface area contributed by atoms with Gasteiger partial charge in [-0.3, -0.25) is 0 Å². The third kappa shape index (κ3) is 5.66. The summed E-state index contributed by atoms with van der Waals surface area (Å²) in [7, 11) is 0. The van der Waals surface area contributed by atoms with Crippen molar-refractivity contribution in [3.8, 4) is 0 Å². The lowest BCUT2D eigenvalue weighted by atomic mass is 9.65. The van der Waals surface area contributed by atoms with E-state index in [4.69, 9.17) is 0 Å². The van der Waals surface area contributed by atoms with E-state index in [-0.39, 0.29) is 0 Å². The van der Waals surface area contributed by atoms with Crippen LogP contribution in [-0.4, -0.2) is 85.6 Å². The number of benzene rings is 2. The van der Waals surface area contributed by atoms with E-state index in [2.05, 4.69) is 93.8 Å². The Kier molecular flexibility index (Phi) is 8.86. The molecule has 170 valence electrons. The third-order valence-electron chi connectivity index (χ3n) is 7.24. The van der Waals surface area contributed by atoms with Crippen molar-refractivity contribution in [1.29, 1.82) is 0 Å². The molecule has 2 aromatic rings. The van der Waals surface area contributed by atoms with Crippen LogP contribution in [0.1, 0.15) is 39.5 Å². The predicted octanol–water partition coefficient (Wildman–Crippen LogP) is 2.61. The zero-order valence-electron chi connectivity index (χ0n) is 20.2. The van der Waals surface area contributed by atoms with Crippen molar-refractivity contribution in [3.63, 3.8) is 0 Å². The standard InChI is InChI=1S/C26H40B2N4/c1-3-18-30-23-24-32(28(30)26-16-10-6-11-17-26)20-13-7-12-19-31-22-21-29(4-2)27(31)25-14-8-5-9-15-25/h5-6,8-11,14-17H,3-4,7,12-13,18-24H2,1-2H3. The fourth-order valence-corrected chi connectivity index (χ4v) is 5.69. The van der Waals surface area contributed by atoms with Crippen LogP contribution < -0.4 is 10.9 Å². The zero-order chi connectivity index (χ0) is 22.2. The molecule has 0 bridgehead atoms. The summed E-state index contributed by atoms with van der Waals surface area (Å²) >= 11 is 0. The van der Waals surface area contributed by atoms with Crippen molar-refractivity contribution in [2.24, 2.45) is 0 Å².